The third-order valence-corrected chi connectivity index (χ3v) is 3.81. The molecule has 0 fully saturated rings. The van der Waals surface area contributed by atoms with Gasteiger partial charge in [-0.25, -0.2) is 0 Å². The maximum atomic E-state index is 12.2. The van der Waals surface area contributed by atoms with Crippen LogP contribution in [0.5, 0.6) is 17.2 Å². The molecule has 0 saturated carbocycles. The second-order valence-electron chi connectivity index (χ2n) is 5.51. The number of hydrogen-bond donors (Lipinski definition) is 1. The van der Waals surface area contributed by atoms with Crippen LogP contribution in [0.1, 0.15) is 29.3 Å². The van der Waals surface area contributed by atoms with Crippen molar-refractivity contribution in [1.29, 1.82) is 0 Å². The van der Waals surface area contributed by atoms with Gasteiger partial charge in [-0.05, 0) is 55.7 Å². The number of nitrogens with one attached hydrogen (secondary N) is 1. The maximum Gasteiger partial charge on any atom is 0.251 e. The van der Waals surface area contributed by atoms with Crippen molar-refractivity contribution in [3.05, 3.63) is 53.6 Å². The van der Waals surface area contributed by atoms with Gasteiger partial charge in [0.1, 0.15) is 5.75 Å². The molecular weight excluding hydrogens is 318 g/mol. The van der Waals surface area contributed by atoms with Crippen molar-refractivity contribution >= 4 is 5.91 Å². The normalized spacial score (nSPS) is 10.2. The van der Waals surface area contributed by atoms with Crippen LogP contribution in [0.3, 0.4) is 0 Å². The number of rotatable bonds is 9. The van der Waals surface area contributed by atoms with Crippen LogP contribution in [0.15, 0.2) is 42.5 Å². The first kappa shape index (κ1) is 18.6. The zero-order valence-corrected chi connectivity index (χ0v) is 15.0. The molecule has 5 nitrogen and oxygen atoms in total. The summed E-state index contributed by atoms with van der Waals surface area (Å²) in [7, 11) is 3.12. The largest absolute Gasteiger partial charge is 0.494 e. The predicted molar refractivity (Wildman–Crippen MR) is 97.8 cm³/mol. The Morgan fingerprint density at radius 2 is 1.72 bits per heavy atom. The van der Waals surface area contributed by atoms with E-state index in [4.69, 9.17) is 14.2 Å². The SMILES string of the molecule is CCOc1ccc(CCCNC(=O)c2ccc(OC)c(OC)c2)cc1. The molecule has 2 rings (SSSR count). The Morgan fingerprint density at radius 3 is 2.36 bits per heavy atom. The average molecular weight is 343 g/mol. The van der Waals surface area contributed by atoms with E-state index in [1.54, 1.807) is 32.4 Å². The van der Waals surface area contributed by atoms with Crippen LogP contribution in [-0.4, -0.2) is 33.3 Å². The monoisotopic (exact) mass is 343 g/mol. The number of hydrogen-bond acceptors (Lipinski definition) is 4. The fourth-order valence-electron chi connectivity index (χ4n) is 2.49. The molecule has 2 aromatic rings. The summed E-state index contributed by atoms with van der Waals surface area (Å²) in [6, 6.07) is 13.2. The molecular formula is C20H25NO4. The average Bonchev–Trinajstić information content (AvgIpc) is 2.66. The summed E-state index contributed by atoms with van der Waals surface area (Å²) < 4.78 is 15.8. The summed E-state index contributed by atoms with van der Waals surface area (Å²) in [5.41, 5.74) is 1.78. The zero-order valence-electron chi connectivity index (χ0n) is 15.0. The molecule has 2 aromatic carbocycles. The van der Waals surface area contributed by atoms with Gasteiger partial charge in [-0.1, -0.05) is 12.1 Å². The molecule has 0 spiro atoms. The lowest BCUT2D eigenvalue weighted by Gasteiger charge is -2.10. The number of benzene rings is 2. The highest BCUT2D eigenvalue weighted by molar-refractivity contribution is 5.94. The zero-order chi connectivity index (χ0) is 18.1. The van der Waals surface area contributed by atoms with E-state index < -0.39 is 0 Å². The number of amides is 1. The van der Waals surface area contributed by atoms with E-state index in [0.29, 0.717) is 30.2 Å². The summed E-state index contributed by atoms with van der Waals surface area (Å²) >= 11 is 0. The molecule has 134 valence electrons. The van der Waals surface area contributed by atoms with E-state index >= 15 is 0 Å². The highest BCUT2D eigenvalue weighted by Crippen LogP contribution is 2.27. The van der Waals surface area contributed by atoms with Crippen molar-refractivity contribution < 1.29 is 19.0 Å². The van der Waals surface area contributed by atoms with E-state index in [2.05, 4.69) is 17.4 Å². The smallest absolute Gasteiger partial charge is 0.251 e. The summed E-state index contributed by atoms with van der Waals surface area (Å²) in [4.78, 5) is 12.2. The van der Waals surface area contributed by atoms with Crippen LogP contribution in [0, 0.1) is 0 Å². The molecule has 1 amide bonds. The minimum Gasteiger partial charge on any atom is -0.494 e. The van der Waals surface area contributed by atoms with Gasteiger partial charge in [-0.2, -0.15) is 0 Å². The van der Waals surface area contributed by atoms with Crippen molar-refractivity contribution in [2.24, 2.45) is 0 Å². The molecule has 1 N–H and O–H groups in total. The van der Waals surface area contributed by atoms with Crippen molar-refractivity contribution in [2.75, 3.05) is 27.4 Å². The molecule has 0 aliphatic carbocycles. The topological polar surface area (TPSA) is 56.8 Å². The Bertz CT molecular complexity index is 683. The quantitative estimate of drug-likeness (QED) is 0.709. The first-order valence-corrected chi connectivity index (χ1v) is 8.40. The van der Waals surface area contributed by atoms with Gasteiger partial charge in [0, 0.05) is 12.1 Å². The number of methoxy groups -OCH3 is 2. The van der Waals surface area contributed by atoms with Gasteiger partial charge in [-0.3, -0.25) is 4.79 Å². The minimum absolute atomic E-state index is 0.118. The number of aryl methyl sites for hydroxylation is 1. The molecule has 0 aliphatic rings. The Labute approximate surface area is 148 Å². The predicted octanol–water partition coefficient (Wildman–Crippen LogP) is 3.47. The molecule has 25 heavy (non-hydrogen) atoms. The number of carbonyl (C=O) groups excluding carboxylic acids is 1. The van der Waals surface area contributed by atoms with Crippen LogP contribution >= 0.6 is 0 Å². The third kappa shape index (κ3) is 5.41. The van der Waals surface area contributed by atoms with Gasteiger partial charge in [-0.15, -0.1) is 0 Å². The van der Waals surface area contributed by atoms with Gasteiger partial charge in [0.25, 0.3) is 5.91 Å². The van der Waals surface area contributed by atoms with E-state index in [1.165, 1.54) is 5.56 Å². The maximum absolute atomic E-state index is 12.2. The summed E-state index contributed by atoms with van der Waals surface area (Å²) in [5, 5.41) is 2.93. The lowest BCUT2D eigenvalue weighted by atomic mass is 10.1. The molecule has 0 atom stereocenters. The minimum atomic E-state index is -0.118. The van der Waals surface area contributed by atoms with Crippen molar-refractivity contribution in [3.63, 3.8) is 0 Å². The van der Waals surface area contributed by atoms with E-state index in [0.717, 1.165) is 18.6 Å². The summed E-state index contributed by atoms with van der Waals surface area (Å²) in [5.74, 6) is 1.92. The van der Waals surface area contributed by atoms with E-state index in [9.17, 15) is 4.79 Å². The standard InChI is InChI=1S/C20H25NO4/c1-4-25-17-10-7-15(8-11-17)6-5-13-21-20(22)16-9-12-18(23-2)19(14-16)24-3/h7-12,14H,4-6,13H2,1-3H3,(H,21,22). The van der Waals surface area contributed by atoms with Crippen LogP contribution in [0.2, 0.25) is 0 Å². The Balaban J connectivity index is 1.80. The summed E-state index contributed by atoms with van der Waals surface area (Å²) in [6.45, 7) is 3.25. The first-order valence-electron chi connectivity index (χ1n) is 8.40. The molecule has 0 unspecified atom stereocenters. The number of carbonyl (C=O) groups is 1. The van der Waals surface area contributed by atoms with Crippen molar-refractivity contribution in [2.45, 2.75) is 19.8 Å². The fraction of sp³-hybridized carbons (Fsp3) is 0.350. The molecule has 0 bridgehead atoms. The molecule has 5 heteroatoms. The Morgan fingerprint density at radius 1 is 1.00 bits per heavy atom. The lowest BCUT2D eigenvalue weighted by Crippen LogP contribution is -2.24. The van der Waals surface area contributed by atoms with Gasteiger partial charge in [0.2, 0.25) is 0 Å². The number of ether oxygens (including phenoxy) is 3. The van der Waals surface area contributed by atoms with Crippen LogP contribution < -0.4 is 19.5 Å². The highest BCUT2D eigenvalue weighted by Gasteiger charge is 2.10. The van der Waals surface area contributed by atoms with Crippen LogP contribution in [0.4, 0.5) is 0 Å². The van der Waals surface area contributed by atoms with Gasteiger partial charge in [0.15, 0.2) is 11.5 Å². The van der Waals surface area contributed by atoms with Gasteiger partial charge < -0.3 is 19.5 Å². The second kappa shape index (κ2) is 9.57. The lowest BCUT2D eigenvalue weighted by molar-refractivity contribution is 0.0953. The van der Waals surface area contributed by atoms with Crippen LogP contribution in [-0.2, 0) is 6.42 Å². The Hall–Kier alpha value is -2.69. The van der Waals surface area contributed by atoms with Crippen molar-refractivity contribution in [1.82, 2.24) is 5.32 Å². The van der Waals surface area contributed by atoms with E-state index in [1.807, 2.05) is 19.1 Å². The molecule has 0 saturated heterocycles. The van der Waals surface area contributed by atoms with Crippen molar-refractivity contribution in [3.8, 4) is 17.2 Å². The van der Waals surface area contributed by atoms with Gasteiger partial charge in [0.05, 0.1) is 20.8 Å². The Kier molecular flexibility index (Phi) is 7.14. The first-order chi connectivity index (χ1) is 12.2. The fourth-order valence-corrected chi connectivity index (χ4v) is 2.49. The summed E-state index contributed by atoms with van der Waals surface area (Å²) in [6.07, 6.45) is 1.77. The molecule has 0 aromatic heterocycles. The second-order valence-corrected chi connectivity index (χ2v) is 5.51. The van der Waals surface area contributed by atoms with Gasteiger partial charge >= 0.3 is 0 Å². The van der Waals surface area contributed by atoms with E-state index in [-0.39, 0.29) is 5.91 Å². The third-order valence-electron chi connectivity index (χ3n) is 3.81. The molecule has 0 aliphatic heterocycles. The van der Waals surface area contributed by atoms with Crippen LogP contribution in [0.25, 0.3) is 0 Å². The molecule has 0 radical (unpaired) electrons. The molecule has 0 heterocycles. The highest BCUT2D eigenvalue weighted by atomic mass is 16.5.